The lowest BCUT2D eigenvalue weighted by Crippen LogP contribution is -2.04. The summed E-state index contributed by atoms with van der Waals surface area (Å²) >= 11 is 0. The van der Waals surface area contributed by atoms with Crippen molar-refractivity contribution in [3.05, 3.63) is 143 Å². The molecule has 0 radical (unpaired) electrons. The van der Waals surface area contributed by atoms with Crippen LogP contribution >= 0.6 is 0 Å². The van der Waals surface area contributed by atoms with Gasteiger partial charge in [0.1, 0.15) is 0 Å². The van der Waals surface area contributed by atoms with E-state index in [1.807, 2.05) is 18.5 Å². The molecule has 4 heterocycles. The van der Waals surface area contributed by atoms with Crippen LogP contribution in [0.15, 0.2) is 115 Å². The third-order valence-corrected chi connectivity index (χ3v) is 9.32. The summed E-state index contributed by atoms with van der Waals surface area (Å²) in [5.41, 5.74) is 13.2. The van der Waals surface area contributed by atoms with Gasteiger partial charge in [0.25, 0.3) is 0 Å². The summed E-state index contributed by atoms with van der Waals surface area (Å²) in [5, 5.41) is 3.94. The van der Waals surface area contributed by atoms with Crippen molar-refractivity contribution >= 4 is 57.0 Å². The second-order valence-corrected chi connectivity index (χ2v) is 12.0. The molecule has 8 rings (SSSR count). The first-order valence-corrected chi connectivity index (χ1v) is 16.3. The summed E-state index contributed by atoms with van der Waals surface area (Å²) in [6, 6.07) is 32.5. The molecular weight excluding hydrogens is 560 g/mol. The highest BCUT2D eigenvalue weighted by molar-refractivity contribution is 6.08. The molecule has 1 aliphatic carbocycles. The number of rotatable bonds is 7. The van der Waals surface area contributed by atoms with Gasteiger partial charge in [0.15, 0.2) is 0 Å². The summed E-state index contributed by atoms with van der Waals surface area (Å²) in [6.07, 6.45) is 17.1. The average molecular weight is 597 g/mol. The number of aromatic nitrogens is 4. The van der Waals surface area contributed by atoms with Crippen molar-refractivity contribution in [2.75, 3.05) is 0 Å². The second-order valence-electron chi connectivity index (χ2n) is 12.0. The molecule has 46 heavy (non-hydrogen) atoms. The largest absolute Gasteiger partial charge is 0.344 e. The van der Waals surface area contributed by atoms with E-state index in [1.54, 1.807) is 0 Å². The van der Waals surface area contributed by atoms with Gasteiger partial charge in [0.05, 0.1) is 11.4 Å². The first-order valence-electron chi connectivity index (χ1n) is 16.3. The molecule has 224 valence electrons. The van der Waals surface area contributed by atoms with E-state index in [2.05, 4.69) is 148 Å². The number of nitrogens with zero attached hydrogens (tertiary/aromatic N) is 4. The van der Waals surface area contributed by atoms with Crippen LogP contribution in [0.2, 0.25) is 0 Å². The predicted molar refractivity (Wildman–Crippen MR) is 194 cm³/mol. The summed E-state index contributed by atoms with van der Waals surface area (Å²) in [5.74, 6) is 0. The van der Waals surface area contributed by atoms with Gasteiger partial charge in [-0.1, -0.05) is 66.8 Å². The third-order valence-electron chi connectivity index (χ3n) is 9.32. The SMILES string of the molecule is CCn1c2c(c3ccccc31)C=C(/C=C/c1ccnc(-c3cc(/C=C/c4ccc5c(c4)c4ccccc4n5CC)ccn3)c1)CC2. The monoisotopic (exact) mass is 596 g/mol. The van der Waals surface area contributed by atoms with Crippen LogP contribution in [0.25, 0.3) is 68.4 Å². The third kappa shape index (κ3) is 4.96. The van der Waals surface area contributed by atoms with Gasteiger partial charge in [0.2, 0.25) is 0 Å². The molecule has 0 bridgehead atoms. The number of aryl methyl sites for hydroxylation is 2. The number of benzene rings is 3. The number of para-hydroxylation sites is 2. The average Bonchev–Trinajstić information content (AvgIpc) is 3.61. The quantitative estimate of drug-likeness (QED) is 0.183. The fourth-order valence-electron chi connectivity index (χ4n) is 7.12. The molecule has 7 aromatic rings. The zero-order valence-electron chi connectivity index (χ0n) is 26.3. The minimum Gasteiger partial charge on any atom is -0.344 e. The molecule has 0 saturated heterocycles. The standard InChI is InChI=1S/C42H36N4/c1-3-45-39-11-7-5-9-33(39)35-25-29(17-19-41(35)45)13-15-31-21-23-43-37(27-31)38-28-32(22-24-44-38)16-14-30-18-20-42-36(26-30)34-10-6-8-12-40(34)46(42)4-2/h5-17,19,21-28H,3-4,18,20H2,1-2H3/b15-13+,16-14+. The molecule has 1 aliphatic rings. The van der Waals surface area contributed by atoms with Crippen molar-refractivity contribution in [2.24, 2.45) is 0 Å². The van der Waals surface area contributed by atoms with E-state index in [9.17, 15) is 0 Å². The Labute approximate surface area is 269 Å². The van der Waals surface area contributed by atoms with Gasteiger partial charge in [-0.2, -0.15) is 0 Å². The van der Waals surface area contributed by atoms with Crippen LogP contribution in [0.1, 0.15) is 48.2 Å². The van der Waals surface area contributed by atoms with E-state index >= 15 is 0 Å². The van der Waals surface area contributed by atoms with Crippen molar-refractivity contribution in [3.8, 4) is 11.4 Å². The fraction of sp³-hybridized carbons (Fsp3) is 0.143. The molecule has 0 N–H and O–H groups in total. The predicted octanol–water partition coefficient (Wildman–Crippen LogP) is 10.5. The fourth-order valence-corrected chi connectivity index (χ4v) is 7.12. The molecular formula is C42H36N4. The highest BCUT2D eigenvalue weighted by Crippen LogP contribution is 2.34. The van der Waals surface area contributed by atoms with Crippen LogP contribution in [-0.4, -0.2) is 19.1 Å². The highest BCUT2D eigenvalue weighted by Gasteiger charge is 2.18. The van der Waals surface area contributed by atoms with E-state index in [4.69, 9.17) is 0 Å². The van der Waals surface area contributed by atoms with Crippen molar-refractivity contribution in [1.29, 1.82) is 0 Å². The maximum atomic E-state index is 4.67. The first kappa shape index (κ1) is 28.0. The van der Waals surface area contributed by atoms with E-state index in [0.717, 1.165) is 48.4 Å². The Morgan fingerprint density at radius 3 is 1.85 bits per heavy atom. The van der Waals surface area contributed by atoms with Gasteiger partial charge in [-0.05, 0) is 104 Å². The van der Waals surface area contributed by atoms with Crippen molar-refractivity contribution in [3.63, 3.8) is 0 Å². The van der Waals surface area contributed by atoms with E-state index in [1.165, 1.54) is 55.1 Å². The minimum absolute atomic E-state index is 0.868. The lowest BCUT2D eigenvalue weighted by Gasteiger charge is -2.14. The number of allylic oxidation sites excluding steroid dienone is 2. The smallest absolute Gasteiger partial charge is 0.0892 e. The number of pyridine rings is 2. The molecule has 4 heteroatoms. The summed E-state index contributed by atoms with van der Waals surface area (Å²) in [7, 11) is 0. The van der Waals surface area contributed by atoms with E-state index < -0.39 is 0 Å². The minimum atomic E-state index is 0.868. The second kappa shape index (κ2) is 11.8. The molecule has 0 unspecified atom stereocenters. The van der Waals surface area contributed by atoms with Gasteiger partial charge in [-0.15, -0.1) is 0 Å². The van der Waals surface area contributed by atoms with Crippen molar-refractivity contribution in [2.45, 2.75) is 39.8 Å². The zero-order chi connectivity index (χ0) is 31.0. The van der Waals surface area contributed by atoms with Gasteiger partial charge in [-0.25, -0.2) is 0 Å². The lowest BCUT2D eigenvalue weighted by atomic mass is 9.95. The normalized spacial score (nSPS) is 13.4. The van der Waals surface area contributed by atoms with Crippen LogP contribution < -0.4 is 0 Å². The molecule has 0 amide bonds. The number of fused-ring (bicyclic) bond motifs is 6. The molecule has 4 nitrogen and oxygen atoms in total. The van der Waals surface area contributed by atoms with Crippen LogP contribution in [0.4, 0.5) is 0 Å². The number of hydrogen-bond donors (Lipinski definition) is 0. The van der Waals surface area contributed by atoms with Gasteiger partial charge in [-0.3, -0.25) is 9.97 Å². The lowest BCUT2D eigenvalue weighted by molar-refractivity contribution is 0.724. The van der Waals surface area contributed by atoms with Crippen molar-refractivity contribution < 1.29 is 0 Å². The topological polar surface area (TPSA) is 35.6 Å². The van der Waals surface area contributed by atoms with Crippen molar-refractivity contribution in [1.82, 2.24) is 19.1 Å². The van der Waals surface area contributed by atoms with E-state index in [-0.39, 0.29) is 0 Å². The molecule has 0 fully saturated rings. The molecule has 4 aromatic heterocycles. The first-order chi connectivity index (χ1) is 22.7. The van der Waals surface area contributed by atoms with Gasteiger partial charge in [0, 0.05) is 69.4 Å². The van der Waals surface area contributed by atoms with Crippen LogP contribution in [-0.2, 0) is 19.5 Å². The van der Waals surface area contributed by atoms with E-state index in [0.29, 0.717) is 0 Å². The van der Waals surface area contributed by atoms with Gasteiger partial charge < -0.3 is 9.13 Å². The maximum absolute atomic E-state index is 4.67. The summed E-state index contributed by atoms with van der Waals surface area (Å²) in [6.45, 7) is 6.40. The summed E-state index contributed by atoms with van der Waals surface area (Å²) in [4.78, 5) is 9.34. The maximum Gasteiger partial charge on any atom is 0.0892 e. The highest BCUT2D eigenvalue weighted by atomic mass is 15.0. The Hall–Kier alpha value is -5.48. The molecule has 0 spiro atoms. The molecule has 0 aliphatic heterocycles. The number of hydrogen-bond acceptors (Lipinski definition) is 2. The Morgan fingerprint density at radius 2 is 1.15 bits per heavy atom. The van der Waals surface area contributed by atoms with Crippen LogP contribution in [0.3, 0.4) is 0 Å². The van der Waals surface area contributed by atoms with Crippen LogP contribution in [0, 0.1) is 0 Å². The zero-order valence-corrected chi connectivity index (χ0v) is 26.3. The molecule has 3 aromatic carbocycles. The Balaban J connectivity index is 1.04. The summed E-state index contributed by atoms with van der Waals surface area (Å²) < 4.78 is 4.86. The Morgan fingerprint density at radius 1 is 0.565 bits per heavy atom. The Bertz CT molecular complexity index is 2340. The van der Waals surface area contributed by atoms with Crippen LogP contribution in [0.5, 0.6) is 0 Å². The van der Waals surface area contributed by atoms with Gasteiger partial charge >= 0.3 is 0 Å². The molecule has 0 saturated carbocycles. The Kier molecular flexibility index (Phi) is 7.18. The molecule has 0 atom stereocenters.